The molecule has 2 aromatic rings. The molecule has 1 saturated heterocycles. The number of aromatic nitrogens is 1. The van der Waals surface area contributed by atoms with E-state index in [2.05, 4.69) is 43.0 Å². The van der Waals surface area contributed by atoms with E-state index in [-0.39, 0.29) is 0 Å². The summed E-state index contributed by atoms with van der Waals surface area (Å²) in [6, 6.07) is 8.36. The Kier molecular flexibility index (Phi) is 3.71. The second-order valence-electron chi connectivity index (χ2n) is 5.07. The largest absolute Gasteiger partial charge is 0.371 e. The first-order chi connectivity index (χ1) is 9.30. The van der Waals surface area contributed by atoms with Crippen LogP contribution in [0.2, 0.25) is 0 Å². The summed E-state index contributed by atoms with van der Waals surface area (Å²) in [5.74, 6) is 0. The first-order valence-corrected chi connectivity index (χ1v) is 7.87. The summed E-state index contributed by atoms with van der Waals surface area (Å²) in [6.45, 7) is 6.32. The molecular weight excluding hydrogens is 256 g/mol. The van der Waals surface area contributed by atoms with Gasteiger partial charge < -0.3 is 9.64 Å². The molecule has 4 heteroatoms. The molecule has 0 N–H and O–H groups in total. The number of hydrogen-bond acceptors (Lipinski definition) is 4. The fourth-order valence-electron chi connectivity index (χ4n) is 2.53. The van der Waals surface area contributed by atoms with Crippen LogP contribution in [0.1, 0.15) is 26.7 Å². The van der Waals surface area contributed by atoms with Crippen LogP contribution in [-0.4, -0.2) is 30.3 Å². The maximum Gasteiger partial charge on any atom is 0.186 e. The van der Waals surface area contributed by atoms with Gasteiger partial charge in [0.25, 0.3) is 0 Å². The lowest BCUT2D eigenvalue weighted by molar-refractivity contribution is -0.0285. The minimum absolute atomic E-state index is 0.339. The molecule has 102 valence electrons. The number of anilines is 1. The summed E-state index contributed by atoms with van der Waals surface area (Å²) in [5.41, 5.74) is 1.11. The molecule has 2 heterocycles. The summed E-state index contributed by atoms with van der Waals surface area (Å²) in [6.07, 6.45) is 2.81. The van der Waals surface area contributed by atoms with Gasteiger partial charge >= 0.3 is 0 Å². The molecule has 1 aliphatic rings. The number of ether oxygens (including phenoxy) is 1. The van der Waals surface area contributed by atoms with Gasteiger partial charge in [0, 0.05) is 13.1 Å². The number of thiazole rings is 1. The summed E-state index contributed by atoms with van der Waals surface area (Å²) in [7, 11) is 0. The van der Waals surface area contributed by atoms with Gasteiger partial charge in [-0.05, 0) is 25.0 Å². The third kappa shape index (κ3) is 2.60. The highest BCUT2D eigenvalue weighted by atomic mass is 32.1. The molecule has 0 radical (unpaired) electrons. The standard InChI is InChI=1S/C15H20N2OS/c1-3-11-9-17(10-12(4-2)18-11)15-16-13-7-5-6-8-14(13)19-15/h5-8,11-12H,3-4,9-10H2,1-2H3. The van der Waals surface area contributed by atoms with Gasteiger partial charge in [-0.3, -0.25) is 0 Å². The predicted molar refractivity (Wildman–Crippen MR) is 81.1 cm³/mol. The molecule has 1 aliphatic heterocycles. The smallest absolute Gasteiger partial charge is 0.186 e. The highest BCUT2D eigenvalue weighted by Gasteiger charge is 2.27. The average Bonchev–Trinajstić information content (AvgIpc) is 2.90. The second kappa shape index (κ2) is 5.47. The first kappa shape index (κ1) is 12.9. The van der Waals surface area contributed by atoms with Crippen LogP contribution >= 0.6 is 11.3 Å². The van der Waals surface area contributed by atoms with Gasteiger partial charge in [-0.2, -0.15) is 0 Å². The number of benzene rings is 1. The van der Waals surface area contributed by atoms with E-state index in [4.69, 9.17) is 9.72 Å². The molecule has 3 nitrogen and oxygen atoms in total. The SMILES string of the molecule is CCC1CN(c2nc3ccccc3s2)CC(CC)O1. The lowest BCUT2D eigenvalue weighted by Crippen LogP contribution is -2.47. The van der Waals surface area contributed by atoms with Crippen molar-refractivity contribution in [2.75, 3.05) is 18.0 Å². The molecule has 0 spiro atoms. The van der Waals surface area contributed by atoms with Gasteiger partial charge in [-0.25, -0.2) is 4.98 Å². The van der Waals surface area contributed by atoms with E-state index in [1.165, 1.54) is 4.70 Å². The van der Waals surface area contributed by atoms with Gasteiger partial charge in [-0.1, -0.05) is 37.3 Å². The van der Waals surface area contributed by atoms with E-state index < -0.39 is 0 Å². The van der Waals surface area contributed by atoms with Gasteiger partial charge in [0.05, 0.1) is 22.4 Å². The topological polar surface area (TPSA) is 25.4 Å². The Labute approximate surface area is 118 Å². The number of hydrogen-bond donors (Lipinski definition) is 0. The molecule has 1 fully saturated rings. The molecular formula is C15H20N2OS. The maximum absolute atomic E-state index is 6.05. The fourth-order valence-corrected chi connectivity index (χ4v) is 3.51. The lowest BCUT2D eigenvalue weighted by atomic mass is 10.1. The van der Waals surface area contributed by atoms with Crippen molar-refractivity contribution in [3.63, 3.8) is 0 Å². The second-order valence-corrected chi connectivity index (χ2v) is 6.07. The van der Waals surface area contributed by atoms with Crippen LogP contribution in [0.15, 0.2) is 24.3 Å². The Hall–Kier alpha value is -1.13. The molecule has 0 bridgehead atoms. The molecule has 1 aromatic heterocycles. The molecule has 19 heavy (non-hydrogen) atoms. The van der Waals surface area contributed by atoms with Crippen LogP contribution in [0.4, 0.5) is 5.13 Å². The highest BCUT2D eigenvalue weighted by molar-refractivity contribution is 7.22. The van der Waals surface area contributed by atoms with Crippen LogP contribution < -0.4 is 4.90 Å². The van der Waals surface area contributed by atoms with Crippen LogP contribution in [0.25, 0.3) is 10.2 Å². The normalized spacial score (nSPS) is 24.0. The minimum Gasteiger partial charge on any atom is -0.371 e. The Morgan fingerprint density at radius 3 is 2.53 bits per heavy atom. The van der Waals surface area contributed by atoms with Crippen molar-refractivity contribution < 1.29 is 4.74 Å². The minimum atomic E-state index is 0.339. The van der Waals surface area contributed by atoms with E-state index in [1.807, 2.05) is 0 Å². The Morgan fingerprint density at radius 1 is 1.21 bits per heavy atom. The van der Waals surface area contributed by atoms with Gasteiger partial charge in [0.1, 0.15) is 0 Å². The van der Waals surface area contributed by atoms with Crippen LogP contribution in [-0.2, 0) is 4.74 Å². The zero-order chi connectivity index (χ0) is 13.2. The third-order valence-corrected chi connectivity index (χ3v) is 4.79. The van der Waals surface area contributed by atoms with E-state index in [0.29, 0.717) is 12.2 Å². The monoisotopic (exact) mass is 276 g/mol. The van der Waals surface area contributed by atoms with E-state index in [0.717, 1.165) is 36.6 Å². The maximum atomic E-state index is 6.05. The van der Waals surface area contributed by atoms with Gasteiger partial charge in [0.2, 0.25) is 0 Å². The number of nitrogens with zero attached hydrogens (tertiary/aromatic N) is 2. The first-order valence-electron chi connectivity index (χ1n) is 7.06. The van der Waals surface area contributed by atoms with Crippen molar-refractivity contribution in [3.05, 3.63) is 24.3 Å². The molecule has 0 saturated carbocycles. The van der Waals surface area contributed by atoms with Crippen LogP contribution in [0.5, 0.6) is 0 Å². The van der Waals surface area contributed by atoms with E-state index >= 15 is 0 Å². The van der Waals surface area contributed by atoms with Crippen molar-refractivity contribution >= 4 is 26.7 Å². The predicted octanol–water partition coefficient (Wildman–Crippen LogP) is 3.69. The van der Waals surface area contributed by atoms with Crippen LogP contribution in [0.3, 0.4) is 0 Å². The van der Waals surface area contributed by atoms with Crippen molar-refractivity contribution in [1.82, 2.24) is 4.98 Å². The molecule has 2 unspecified atom stereocenters. The Bertz CT molecular complexity index is 509. The summed E-state index contributed by atoms with van der Waals surface area (Å²) in [5, 5.41) is 1.14. The number of morpholine rings is 1. The van der Waals surface area contributed by atoms with Crippen molar-refractivity contribution in [2.24, 2.45) is 0 Å². The number of rotatable bonds is 3. The number of fused-ring (bicyclic) bond motifs is 1. The summed E-state index contributed by atoms with van der Waals surface area (Å²) < 4.78 is 7.31. The van der Waals surface area contributed by atoms with E-state index in [9.17, 15) is 0 Å². The fraction of sp³-hybridized carbons (Fsp3) is 0.533. The van der Waals surface area contributed by atoms with E-state index in [1.54, 1.807) is 11.3 Å². The van der Waals surface area contributed by atoms with Crippen molar-refractivity contribution in [2.45, 2.75) is 38.9 Å². The quantitative estimate of drug-likeness (QED) is 0.855. The molecule has 2 atom stereocenters. The zero-order valence-electron chi connectivity index (χ0n) is 11.5. The van der Waals surface area contributed by atoms with Gasteiger partial charge in [-0.15, -0.1) is 0 Å². The molecule has 0 amide bonds. The zero-order valence-corrected chi connectivity index (χ0v) is 12.3. The molecule has 3 rings (SSSR count). The average molecular weight is 276 g/mol. The summed E-state index contributed by atoms with van der Waals surface area (Å²) >= 11 is 1.79. The van der Waals surface area contributed by atoms with Crippen LogP contribution in [0, 0.1) is 0 Å². The molecule has 1 aromatic carbocycles. The van der Waals surface area contributed by atoms with Crippen molar-refractivity contribution in [1.29, 1.82) is 0 Å². The Morgan fingerprint density at radius 2 is 1.89 bits per heavy atom. The molecule has 0 aliphatic carbocycles. The highest BCUT2D eigenvalue weighted by Crippen LogP contribution is 2.31. The van der Waals surface area contributed by atoms with Gasteiger partial charge in [0.15, 0.2) is 5.13 Å². The number of para-hydroxylation sites is 1. The Balaban J connectivity index is 1.87. The third-order valence-electron chi connectivity index (χ3n) is 3.70. The lowest BCUT2D eigenvalue weighted by Gasteiger charge is -2.37. The van der Waals surface area contributed by atoms with Crippen molar-refractivity contribution in [3.8, 4) is 0 Å². The summed E-state index contributed by atoms with van der Waals surface area (Å²) in [4.78, 5) is 7.16.